The first-order chi connectivity index (χ1) is 11.5. The third kappa shape index (κ3) is 3.63. The van der Waals surface area contributed by atoms with Crippen LogP contribution in [-0.4, -0.2) is 48.8 Å². The summed E-state index contributed by atoms with van der Waals surface area (Å²) in [6.07, 6.45) is 1.77. The fourth-order valence-corrected chi connectivity index (χ4v) is 4.23. The van der Waals surface area contributed by atoms with E-state index in [0.29, 0.717) is 26.2 Å². The van der Waals surface area contributed by atoms with Crippen LogP contribution in [0, 0.1) is 12.7 Å². The summed E-state index contributed by atoms with van der Waals surface area (Å²) in [6.45, 7) is 4.93. The molecule has 0 amide bonds. The lowest BCUT2D eigenvalue weighted by atomic mass is 10.2. The Balaban J connectivity index is 1.64. The number of aromatic nitrogens is 1. The molecule has 7 heteroatoms. The monoisotopic (exact) mass is 349 g/mol. The van der Waals surface area contributed by atoms with E-state index in [4.69, 9.17) is 0 Å². The summed E-state index contributed by atoms with van der Waals surface area (Å²) in [5.41, 5.74) is 2.16. The predicted molar refractivity (Wildman–Crippen MR) is 89.4 cm³/mol. The summed E-state index contributed by atoms with van der Waals surface area (Å²) >= 11 is 0. The maximum Gasteiger partial charge on any atom is 0.243 e. The molecule has 1 fully saturated rings. The van der Waals surface area contributed by atoms with Crippen LogP contribution >= 0.6 is 0 Å². The number of rotatable bonds is 4. The Bertz CT molecular complexity index is 801. The van der Waals surface area contributed by atoms with Gasteiger partial charge in [0.05, 0.1) is 4.90 Å². The molecule has 0 unspecified atom stereocenters. The quantitative estimate of drug-likeness (QED) is 0.848. The van der Waals surface area contributed by atoms with Gasteiger partial charge in [0.15, 0.2) is 0 Å². The smallest absolute Gasteiger partial charge is 0.243 e. The van der Waals surface area contributed by atoms with Gasteiger partial charge in [0.2, 0.25) is 10.0 Å². The van der Waals surface area contributed by atoms with Crippen molar-refractivity contribution in [2.45, 2.75) is 18.4 Å². The molecule has 2 aromatic rings. The number of piperazine rings is 1. The summed E-state index contributed by atoms with van der Waals surface area (Å²) in [7, 11) is -3.56. The van der Waals surface area contributed by atoms with Gasteiger partial charge in [-0.25, -0.2) is 12.8 Å². The standard InChI is InChI=1S/C17H20FN3O2S/c1-14-15(3-2-8-19-14)13-20-9-11-21(12-10-20)24(22,23)17-6-4-16(18)5-7-17/h2-8H,9-13H2,1H3. The van der Waals surface area contributed by atoms with Crippen LogP contribution < -0.4 is 0 Å². The molecule has 0 bridgehead atoms. The van der Waals surface area contributed by atoms with Crippen LogP contribution in [0.25, 0.3) is 0 Å². The summed E-state index contributed by atoms with van der Waals surface area (Å²) < 4.78 is 39.6. The highest BCUT2D eigenvalue weighted by molar-refractivity contribution is 7.89. The molecular formula is C17H20FN3O2S. The topological polar surface area (TPSA) is 53.5 Å². The second kappa shape index (κ2) is 6.96. The minimum atomic E-state index is -3.56. The number of hydrogen-bond donors (Lipinski definition) is 0. The SMILES string of the molecule is Cc1ncccc1CN1CCN(S(=O)(=O)c2ccc(F)cc2)CC1. The lowest BCUT2D eigenvalue weighted by molar-refractivity contribution is 0.181. The van der Waals surface area contributed by atoms with Gasteiger partial charge < -0.3 is 0 Å². The molecule has 5 nitrogen and oxygen atoms in total. The second-order valence-corrected chi connectivity index (χ2v) is 7.82. The number of aryl methyl sites for hydroxylation is 1. The predicted octanol–water partition coefficient (Wildman–Crippen LogP) is 2.04. The molecule has 0 saturated carbocycles. The minimum absolute atomic E-state index is 0.139. The van der Waals surface area contributed by atoms with E-state index in [2.05, 4.69) is 9.88 Å². The van der Waals surface area contributed by atoms with E-state index in [0.717, 1.165) is 17.8 Å². The van der Waals surface area contributed by atoms with Crippen molar-refractivity contribution in [2.24, 2.45) is 0 Å². The molecule has 1 aliphatic rings. The molecule has 1 aromatic heterocycles. The number of hydrogen-bond acceptors (Lipinski definition) is 4. The molecule has 0 atom stereocenters. The Morgan fingerprint density at radius 3 is 2.38 bits per heavy atom. The van der Waals surface area contributed by atoms with E-state index < -0.39 is 15.8 Å². The third-order valence-corrected chi connectivity index (χ3v) is 6.21. The maximum absolute atomic E-state index is 13.0. The Hall–Kier alpha value is -1.83. The zero-order chi connectivity index (χ0) is 17.2. The Labute approximate surface area is 141 Å². The van der Waals surface area contributed by atoms with Crippen LogP contribution in [-0.2, 0) is 16.6 Å². The van der Waals surface area contributed by atoms with Crippen LogP contribution in [0.2, 0.25) is 0 Å². The van der Waals surface area contributed by atoms with Crippen molar-refractivity contribution in [1.82, 2.24) is 14.2 Å². The van der Waals surface area contributed by atoms with Gasteiger partial charge in [-0.2, -0.15) is 4.31 Å². The van der Waals surface area contributed by atoms with E-state index in [1.165, 1.54) is 28.6 Å². The molecule has 3 rings (SSSR count). The lowest BCUT2D eigenvalue weighted by Gasteiger charge is -2.34. The summed E-state index contributed by atoms with van der Waals surface area (Å²) in [4.78, 5) is 6.64. The molecule has 1 aliphatic heterocycles. The average molecular weight is 349 g/mol. The molecule has 1 saturated heterocycles. The molecule has 0 radical (unpaired) electrons. The minimum Gasteiger partial charge on any atom is -0.296 e. The first-order valence-electron chi connectivity index (χ1n) is 7.85. The van der Waals surface area contributed by atoms with Gasteiger partial charge >= 0.3 is 0 Å². The fraction of sp³-hybridized carbons (Fsp3) is 0.353. The molecule has 0 spiro atoms. The second-order valence-electron chi connectivity index (χ2n) is 5.88. The molecular weight excluding hydrogens is 329 g/mol. The summed E-state index contributed by atoms with van der Waals surface area (Å²) in [6, 6.07) is 8.94. The van der Waals surface area contributed by atoms with E-state index in [1.54, 1.807) is 6.20 Å². The molecule has 0 N–H and O–H groups in total. The van der Waals surface area contributed by atoms with Crippen LogP contribution in [0.3, 0.4) is 0 Å². The number of nitrogens with zero attached hydrogens (tertiary/aromatic N) is 3. The molecule has 0 aliphatic carbocycles. The zero-order valence-corrected chi connectivity index (χ0v) is 14.3. The third-order valence-electron chi connectivity index (χ3n) is 4.29. The lowest BCUT2D eigenvalue weighted by Crippen LogP contribution is -2.48. The highest BCUT2D eigenvalue weighted by Gasteiger charge is 2.28. The van der Waals surface area contributed by atoms with Gasteiger partial charge in [0.25, 0.3) is 0 Å². The fourth-order valence-electron chi connectivity index (χ4n) is 2.81. The Morgan fingerprint density at radius 1 is 1.08 bits per heavy atom. The van der Waals surface area contributed by atoms with Crippen molar-refractivity contribution < 1.29 is 12.8 Å². The first-order valence-corrected chi connectivity index (χ1v) is 9.29. The molecule has 1 aromatic carbocycles. The number of sulfonamides is 1. The summed E-state index contributed by atoms with van der Waals surface area (Å²) in [5.74, 6) is -0.439. The van der Waals surface area contributed by atoms with Gasteiger partial charge in [0, 0.05) is 44.6 Å². The van der Waals surface area contributed by atoms with Crippen LogP contribution in [0.15, 0.2) is 47.5 Å². The van der Waals surface area contributed by atoms with Crippen molar-refractivity contribution in [1.29, 1.82) is 0 Å². The average Bonchev–Trinajstić information content (AvgIpc) is 2.58. The number of pyridine rings is 1. The summed E-state index contributed by atoms with van der Waals surface area (Å²) in [5, 5.41) is 0. The Kier molecular flexibility index (Phi) is 4.93. The normalized spacial score (nSPS) is 17.1. The van der Waals surface area contributed by atoms with Crippen LogP contribution in [0.5, 0.6) is 0 Å². The van der Waals surface area contributed by atoms with E-state index >= 15 is 0 Å². The van der Waals surface area contributed by atoms with Gasteiger partial charge in [-0.1, -0.05) is 6.07 Å². The first kappa shape index (κ1) is 17.0. The van der Waals surface area contributed by atoms with Gasteiger partial charge in [-0.05, 0) is 42.8 Å². The van der Waals surface area contributed by atoms with Crippen molar-refractivity contribution >= 4 is 10.0 Å². The highest BCUT2D eigenvalue weighted by Crippen LogP contribution is 2.19. The van der Waals surface area contributed by atoms with Gasteiger partial charge in [0.1, 0.15) is 5.82 Å². The highest BCUT2D eigenvalue weighted by atomic mass is 32.2. The van der Waals surface area contributed by atoms with E-state index in [1.807, 2.05) is 19.1 Å². The van der Waals surface area contributed by atoms with Crippen molar-refractivity contribution in [2.75, 3.05) is 26.2 Å². The maximum atomic E-state index is 13.0. The van der Waals surface area contributed by atoms with E-state index in [9.17, 15) is 12.8 Å². The van der Waals surface area contributed by atoms with Crippen molar-refractivity contribution in [3.8, 4) is 0 Å². The zero-order valence-electron chi connectivity index (χ0n) is 13.5. The van der Waals surface area contributed by atoms with Crippen molar-refractivity contribution in [3.63, 3.8) is 0 Å². The van der Waals surface area contributed by atoms with Gasteiger partial charge in [-0.15, -0.1) is 0 Å². The Morgan fingerprint density at radius 2 is 1.75 bits per heavy atom. The van der Waals surface area contributed by atoms with Crippen LogP contribution in [0.4, 0.5) is 4.39 Å². The molecule has 2 heterocycles. The largest absolute Gasteiger partial charge is 0.296 e. The van der Waals surface area contributed by atoms with Gasteiger partial charge in [-0.3, -0.25) is 9.88 Å². The number of benzene rings is 1. The van der Waals surface area contributed by atoms with Crippen LogP contribution in [0.1, 0.15) is 11.3 Å². The van der Waals surface area contributed by atoms with E-state index in [-0.39, 0.29) is 4.90 Å². The molecule has 24 heavy (non-hydrogen) atoms. The number of halogens is 1. The molecule has 128 valence electrons. The van der Waals surface area contributed by atoms with Crippen molar-refractivity contribution in [3.05, 3.63) is 59.7 Å².